The van der Waals surface area contributed by atoms with Gasteiger partial charge in [-0.3, -0.25) is 0 Å². The molecule has 0 heterocycles. The van der Waals surface area contributed by atoms with E-state index >= 15 is 0 Å². The van der Waals surface area contributed by atoms with Crippen LogP contribution in [-0.2, 0) is 0 Å². The van der Waals surface area contributed by atoms with Gasteiger partial charge in [-0.1, -0.05) is 44.2 Å². The maximum Gasteiger partial charge on any atom is 0.315 e. The minimum absolute atomic E-state index is 0.0117. The number of aliphatic hydroxyl groups is 2. The molecule has 0 spiro atoms. The van der Waals surface area contributed by atoms with Crippen LogP contribution in [0.2, 0.25) is 0 Å². The molecule has 124 valence electrons. The van der Waals surface area contributed by atoms with Crippen molar-refractivity contribution in [3.63, 3.8) is 0 Å². The van der Waals surface area contributed by atoms with Gasteiger partial charge in [0.15, 0.2) is 0 Å². The fourth-order valence-electron chi connectivity index (χ4n) is 2.38. The summed E-state index contributed by atoms with van der Waals surface area (Å²) < 4.78 is 0. The van der Waals surface area contributed by atoms with Crippen molar-refractivity contribution in [1.82, 2.24) is 10.6 Å². The molecule has 4 N–H and O–H groups in total. The van der Waals surface area contributed by atoms with Gasteiger partial charge in [0.25, 0.3) is 0 Å². The summed E-state index contributed by atoms with van der Waals surface area (Å²) in [5, 5.41) is 24.2. The van der Waals surface area contributed by atoms with Gasteiger partial charge in [0.05, 0.1) is 0 Å². The van der Waals surface area contributed by atoms with Gasteiger partial charge < -0.3 is 20.8 Å². The Morgan fingerprint density at radius 2 is 1.86 bits per heavy atom. The van der Waals surface area contributed by atoms with Crippen molar-refractivity contribution in [2.75, 3.05) is 19.8 Å². The monoisotopic (exact) mass is 308 g/mol. The summed E-state index contributed by atoms with van der Waals surface area (Å²) in [5.41, 5.74) is 0.746. The van der Waals surface area contributed by atoms with E-state index in [-0.39, 0.29) is 36.6 Å². The summed E-state index contributed by atoms with van der Waals surface area (Å²) in [5.74, 6) is 0.0117. The molecule has 0 aliphatic rings. The number of rotatable bonds is 8. The van der Waals surface area contributed by atoms with Gasteiger partial charge in [-0.05, 0) is 24.3 Å². The highest BCUT2D eigenvalue weighted by atomic mass is 16.3. The summed E-state index contributed by atoms with van der Waals surface area (Å²) in [6.45, 7) is 6.34. The number of hydrogen-bond donors (Lipinski definition) is 4. The van der Waals surface area contributed by atoms with Crippen LogP contribution in [0.3, 0.4) is 0 Å². The van der Waals surface area contributed by atoms with E-state index in [1.807, 2.05) is 51.1 Å². The number of carbonyl (C=O) groups excluding carboxylic acids is 1. The average molecular weight is 308 g/mol. The zero-order valence-electron chi connectivity index (χ0n) is 13.7. The van der Waals surface area contributed by atoms with Gasteiger partial charge in [-0.2, -0.15) is 0 Å². The molecular formula is C17H28N2O3. The highest BCUT2D eigenvalue weighted by molar-refractivity contribution is 5.74. The summed E-state index contributed by atoms with van der Waals surface area (Å²) >= 11 is 0. The van der Waals surface area contributed by atoms with Crippen LogP contribution in [0.25, 0.3) is 0 Å². The highest BCUT2D eigenvalue weighted by Gasteiger charge is 2.30. The number of aliphatic hydroxyl groups excluding tert-OH is 2. The lowest BCUT2D eigenvalue weighted by Crippen LogP contribution is -2.44. The van der Waals surface area contributed by atoms with Gasteiger partial charge in [0.1, 0.15) is 0 Å². The van der Waals surface area contributed by atoms with Gasteiger partial charge in [-0.15, -0.1) is 0 Å². The summed E-state index contributed by atoms with van der Waals surface area (Å²) in [4.78, 5) is 11.9. The molecule has 0 saturated carbocycles. The molecule has 5 heteroatoms. The number of carbonyl (C=O) groups is 1. The van der Waals surface area contributed by atoms with Crippen molar-refractivity contribution in [1.29, 1.82) is 0 Å². The SMILES string of the molecule is C[C@H](CCO)NC(=O)NCC(c1ccccc1)C(C)(C)CO. The molecule has 2 atom stereocenters. The number of amides is 2. The maximum absolute atomic E-state index is 11.9. The van der Waals surface area contributed by atoms with Crippen LogP contribution in [0, 0.1) is 5.41 Å². The maximum atomic E-state index is 11.9. The quantitative estimate of drug-likeness (QED) is 0.592. The van der Waals surface area contributed by atoms with E-state index in [2.05, 4.69) is 10.6 Å². The molecule has 0 fully saturated rings. The normalized spacial score (nSPS) is 14.2. The van der Waals surface area contributed by atoms with E-state index in [0.29, 0.717) is 13.0 Å². The van der Waals surface area contributed by atoms with Crippen LogP contribution >= 0.6 is 0 Å². The molecule has 22 heavy (non-hydrogen) atoms. The van der Waals surface area contributed by atoms with Crippen molar-refractivity contribution in [3.05, 3.63) is 35.9 Å². The van der Waals surface area contributed by atoms with Crippen LogP contribution in [0.1, 0.15) is 38.7 Å². The molecule has 0 saturated heterocycles. The third-order valence-corrected chi connectivity index (χ3v) is 3.96. The van der Waals surface area contributed by atoms with Crippen molar-refractivity contribution in [2.45, 2.75) is 39.2 Å². The highest BCUT2D eigenvalue weighted by Crippen LogP contribution is 2.34. The topological polar surface area (TPSA) is 81.6 Å². The Hall–Kier alpha value is -1.59. The lowest BCUT2D eigenvalue weighted by atomic mass is 9.75. The van der Waals surface area contributed by atoms with Crippen LogP contribution in [0.5, 0.6) is 0 Å². The van der Waals surface area contributed by atoms with Crippen LogP contribution in [-0.4, -0.2) is 42.0 Å². The molecule has 1 aromatic carbocycles. The summed E-state index contributed by atoms with van der Waals surface area (Å²) in [7, 11) is 0. The van der Waals surface area contributed by atoms with E-state index in [4.69, 9.17) is 5.11 Å². The second-order valence-corrected chi connectivity index (χ2v) is 6.38. The molecule has 1 aromatic rings. The first-order valence-electron chi connectivity index (χ1n) is 7.71. The van der Waals surface area contributed by atoms with Crippen LogP contribution in [0.4, 0.5) is 4.79 Å². The summed E-state index contributed by atoms with van der Waals surface area (Å²) in [6.07, 6.45) is 0.525. The Morgan fingerprint density at radius 1 is 1.23 bits per heavy atom. The van der Waals surface area contributed by atoms with E-state index in [9.17, 15) is 9.90 Å². The lowest BCUT2D eigenvalue weighted by Gasteiger charge is -2.33. The Morgan fingerprint density at radius 3 is 2.41 bits per heavy atom. The first-order chi connectivity index (χ1) is 10.4. The number of nitrogens with one attached hydrogen (secondary N) is 2. The number of hydrogen-bond acceptors (Lipinski definition) is 3. The molecule has 5 nitrogen and oxygen atoms in total. The fourth-order valence-corrected chi connectivity index (χ4v) is 2.38. The minimum Gasteiger partial charge on any atom is -0.396 e. The number of benzene rings is 1. The van der Waals surface area contributed by atoms with Crippen molar-refractivity contribution in [2.24, 2.45) is 5.41 Å². The van der Waals surface area contributed by atoms with Crippen molar-refractivity contribution < 1.29 is 15.0 Å². The van der Waals surface area contributed by atoms with Gasteiger partial charge in [0.2, 0.25) is 0 Å². The smallest absolute Gasteiger partial charge is 0.315 e. The molecule has 0 aliphatic carbocycles. The van der Waals surface area contributed by atoms with Crippen LogP contribution < -0.4 is 10.6 Å². The molecular weight excluding hydrogens is 280 g/mol. The Labute approximate surface area is 132 Å². The van der Waals surface area contributed by atoms with E-state index in [1.165, 1.54) is 0 Å². The first-order valence-corrected chi connectivity index (χ1v) is 7.71. The molecule has 1 rings (SSSR count). The molecule has 0 radical (unpaired) electrons. The van der Waals surface area contributed by atoms with E-state index in [0.717, 1.165) is 5.56 Å². The second kappa shape index (κ2) is 8.76. The summed E-state index contributed by atoms with van der Waals surface area (Å²) in [6, 6.07) is 9.55. The van der Waals surface area contributed by atoms with Gasteiger partial charge >= 0.3 is 6.03 Å². The standard InChI is InChI=1S/C17H28N2O3/c1-13(9-10-20)19-16(22)18-11-15(17(2,3)12-21)14-7-5-4-6-8-14/h4-8,13,15,20-21H,9-12H2,1-3H3,(H2,18,19,22)/t13-,15?/m1/s1. The molecule has 0 aliphatic heterocycles. The minimum atomic E-state index is -0.342. The van der Waals surface area contributed by atoms with Crippen LogP contribution in [0.15, 0.2) is 30.3 Å². The fraction of sp³-hybridized carbons (Fsp3) is 0.588. The van der Waals surface area contributed by atoms with Gasteiger partial charge in [0, 0.05) is 31.7 Å². The third kappa shape index (κ3) is 5.66. The molecule has 1 unspecified atom stereocenters. The Kier molecular flexibility index (Phi) is 7.35. The van der Waals surface area contributed by atoms with Gasteiger partial charge in [-0.25, -0.2) is 4.79 Å². The first kappa shape index (κ1) is 18.5. The van der Waals surface area contributed by atoms with E-state index < -0.39 is 0 Å². The van der Waals surface area contributed by atoms with E-state index in [1.54, 1.807) is 0 Å². The average Bonchev–Trinajstić information content (AvgIpc) is 2.48. The number of urea groups is 1. The lowest BCUT2D eigenvalue weighted by molar-refractivity contribution is 0.129. The predicted octanol–water partition coefficient (Wildman–Crippen LogP) is 1.86. The van der Waals surface area contributed by atoms with Crippen molar-refractivity contribution in [3.8, 4) is 0 Å². The molecule has 0 aromatic heterocycles. The molecule has 2 amide bonds. The predicted molar refractivity (Wildman–Crippen MR) is 87.7 cm³/mol. The zero-order chi connectivity index (χ0) is 16.6. The zero-order valence-corrected chi connectivity index (χ0v) is 13.7. The third-order valence-electron chi connectivity index (χ3n) is 3.96. The van der Waals surface area contributed by atoms with Crippen molar-refractivity contribution >= 4 is 6.03 Å². The second-order valence-electron chi connectivity index (χ2n) is 6.38. The largest absolute Gasteiger partial charge is 0.396 e. The Balaban J connectivity index is 2.69. The molecule has 0 bridgehead atoms. The Bertz CT molecular complexity index is 448.